The van der Waals surface area contributed by atoms with Crippen LogP contribution in [-0.2, 0) is 19.6 Å². The van der Waals surface area contributed by atoms with Crippen LogP contribution in [0.2, 0.25) is 0 Å². The summed E-state index contributed by atoms with van der Waals surface area (Å²) >= 11 is 1.54. The van der Waals surface area contributed by atoms with Crippen molar-refractivity contribution in [1.29, 1.82) is 0 Å². The SMILES string of the molecule is O=C(NCc1cncs1)c1ccc2c(c1)CNC2. The number of rotatable bonds is 3. The van der Waals surface area contributed by atoms with Gasteiger partial charge in [-0.25, -0.2) is 0 Å². The Morgan fingerprint density at radius 1 is 1.39 bits per heavy atom. The summed E-state index contributed by atoms with van der Waals surface area (Å²) in [5, 5.41) is 6.17. The quantitative estimate of drug-likeness (QED) is 0.881. The van der Waals surface area contributed by atoms with E-state index >= 15 is 0 Å². The van der Waals surface area contributed by atoms with Gasteiger partial charge in [0.2, 0.25) is 0 Å². The van der Waals surface area contributed by atoms with Crippen molar-refractivity contribution in [2.75, 3.05) is 0 Å². The van der Waals surface area contributed by atoms with Crippen molar-refractivity contribution in [1.82, 2.24) is 15.6 Å². The Balaban J connectivity index is 1.69. The molecule has 0 aliphatic carbocycles. The van der Waals surface area contributed by atoms with E-state index in [1.54, 1.807) is 23.0 Å². The van der Waals surface area contributed by atoms with Gasteiger partial charge < -0.3 is 10.6 Å². The maximum absolute atomic E-state index is 12.0. The van der Waals surface area contributed by atoms with Crippen LogP contribution in [0.5, 0.6) is 0 Å². The molecule has 2 N–H and O–H groups in total. The van der Waals surface area contributed by atoms with Crippen molar-refractivity contribution in [3.63, 3.8) is 0 Å². The third-order valence-corrected chi connectivity index (χ3v) is 3.79. The number of carbonyl (C=O) groups is 1. The van der Waals surface area contributed by atoms with Gasteiger partial charge in [0.05, 0.1) is 12.1 Å². The van der Waals surface area contributed by atoms with Crippen molar-refractivity contribution in [3.05, 3.63) is 51.5 Å². The second-order valence-electron chi connectivity index (χ2n) is 4.24. The highest BCUT2D eigenvalue weighted by atomic mass is 32.1. The number of nitrogens with one attached hydrogen (secondary N) is 2. The first-order valence-electron chi connectivity index (χ1n) is 5.81. The van der Waals surface area contributed by atoms with Crippen molar-refractivity contribution in [2.45, 2.75) is 19.6 Å². The van der Waals surface area contributed by atoms with Gasteiger partial charge in [-0.1, -0.05) is 6.07 Å². The lowest BCUT2D eigenvalue weighted by atomic mass is 10.1. The molecule has 18 heavy (non-hydrogen) atoms. The van der Waals surface area contributed by atoms with Crippen LogP contribution in [0.25, 0.3) is 0 Å². The predicted octanol–water partition coefficient (Wildman–Crippen LogP) is 1.68. The standard InChI is InChI=1S/C13H13N3OS/c17-13(16-7-12-6-15-8-18-12)9-1-2-10-4-14-5-11(10)3-9/h1-3,6,8,14H,4-5,7H2,(H,16,17). The maximum atomic E-state index is 12.0. The van der Waals surface area contributed by atoms with Gasteiger partial charge in [0.15, 0.2) is 0 Å². The molecule has 5 heteroatoms. The molecular formula is C13H13N3OS. The van der Waals surface area contributed by atoms with E-state index in [0.717, 1.165) is 23.5 Å². The van der Waals surface area contributed by atoms with E-state index in [-0.39, 0.29) is 5.91 Å². The van der Waals surface area contributed by atoms with Gasteiger partial charge in [-0.2, -0.15) is 0 Å². The van der Waals surface area contributed by atoms with E-state index in [4.69, 9.17) is 0 Å². The predicted molar refractivity (Wildman–Crippen MR) is 70.3 cm³/mol. The fraction of sp³-hybridized carbons (Fsp3) is 0.231. The van der Waals surface area contributed by atoms with Crippen LogP contribution in [-0.4, -0.2) is 10.9 Å². The molecule has 1 amide bonds. The fourth-order valence-electron chi connectivity index (χ4n) is 2.03. The van der Waals surface area contributed by atoms with Crippen LogP contribution in [0, 0.1) is 0 Å². The average Bonchev–Trinajstić information content (AvgIpc) is 3.05. The van der Waals surface area contributed by atoms with Crippen LogP contribution in [0.15, 0.2) is 29.9 Å². The minimum atomic E-state index is -0.0295. The highest BCUT2D eigenvalue weighted by molar-refractivity contribution is 7.09. The van der Waals surface area contributed by atoms with Gasteiger partial charge in [-0.3, -0.25) is 9.78 Å². The number of hydrogen-bond donors (Lipinski definition) is 2. The summed E-state index contributed by atoms with van der Waals surface area (Å²) in [7, 11) is 0. The highest BCUT2D eigenvalue weighted by Crippen LogP contribution is 2.17. The Hall–Kier alpha value is -1.72. The van der Waals surface area contributed by atoms with Crippen molar-refractivity contribution < 1.29 is 4.79 Å². The fourth-order valence-corrected chi connectivity index (χ4v) is 2.57. The lowest BCUT2D eigenvalue weighted by molar-refractivity contribution is 0.0951. The lowest BCUT2D eigenvalue weighted by Crippen LogP contribution is -2.22. The maximum Gasteiger partial charge on any atom is 0.251 e. The summed E-state index contributed by atoms with van der Waals surface area (Å²) in [6.45, 7) is 2.29. The summed E-state index contributed by atoms with van der Waals surface area (Å²) in [5.41, 5.74) is 5.00. The molecule has 0 unspecified atom stereocenters. The summed E-state index contributed by atoms with van der Waals surface area (Å²) in [6, 6.07) is 5.88. The van der Waals surface area contributed by atoms with Gasteiger partial charge in [0.1, 0.15) is 0 Å². The number of carbonyl (C=O) groups excluding carboxylic acids is 1. The molecule has 1 aliphatic rings. The van der Waals surface area contributed by atoms with Crippen molar-refractivity contribution >= 4 is 17.2 Å². The van der Waals surface area contributed by atoms with Crippen molar-refractivity contribution in [3.8, 4) is 0 Å². The molecule has 0 atom stereocenters. The monoisotopic (exact) mass is 259 g/mol. The molecule has 0 radical (unpaired) electrons. The summed E-state index contributed by atoms with van der Waals surface area (Å²) in [5.74, 6) is -0.0295. The van der Waals surface area contributed by atoms with E-state index in [1.807, 2.05) is 18.2 Å². The first kappa shape index (κ1) is 11.4. The summed E-state index contributed by atoms with van der Waals surface area (Å²) in [4.78, 5) is 17.0. The Labute approximate surface area is 109 Å². The van der Waals surface area contributed by atoms with E-state index in [1.165, 1.54) is 11.1 Å². The second kappa shape index (κ2) is 4.88. The Morgan fingerprint density at radius 3 is 3.11 bits per heavy atom. The van der Waals surface area contributed by atoms with E-state index in [9.17, 15) is 4.79 Å². The summed E-state index contributed by atoms with van der Waals surface area (Å²) < 4.78 is 0. The third-order valence-electron chi connectivity index (χ3n) is 3.01. The van der Waals surface area contributed by atoms with Crippen LogP contribution < -0.4 is 10.6 Å². The molecule has 3 rings (SSSR count). The molecule has 1 aromatic carbocycles. The number of fused-ring (bicyclic) bond motifs is 1. The second-order valence-corrected chi connectivity index (χ2v) is 5.21. The van der Waals surface area contributed by atoms with Crippen molar-refractivity contribution in [2.24, 2.45) is 0 Å². The Morgan fingerprint density at radius 2 is 2.28 bits per heavy atom. The average molecular weight is 259 g/mol. The molecule has 4 nitrogen and oxygen atoms in total. The topological polar surface area (TPSA) is 54.0 Å². The number of nitrogens with zero attached hydrogens (tertiary/aromatic N) is 1. The van der Waals surface area contributed by atoms with E-state index in [2.05, 4.69) is 15.6 Å². The molecule has 2 heterocycles. The van der Waals surface area contributed by atoms with Gasteiger partial charge in [0.25, 0.3) is 5.91 Å². The number of thiazole rings is 1. The first-order valence-corrected chi connectivity index (χ1v) is 6.69. The van der Waals surface area contributed by atoms with Crippen LogP contribution in [0.4, 0.5) is 0 Å². The number of benzene rings is 1. The normalized spacial score (nSPS) is 13.3. The van der Waals surface area contributed by atoms with Gasteiger partial charge in [0, 0.05) is 29.7 Å². The molecule has 2 aromatic rings. The molecule has 1 aromatic heterocycles. The Bertz CT molecular complexity index is 566. The van der Waals surface area contributed by atoms with Gasteiger partial charge in [-0.15, -0.1) is 11.3 Å². The van der Waals surface area contributed by atoms with E-state index in [0.29, 0.717) is 6.54 Å². The minimum Gasteiger partial charge on any atom is -0.347 e. The number of hydrogen-bond acceptors (Lipinski definition) is 4. The highest BCUT2D eigenvalue weighted by Gasteiger charge is 2.13. The van der Waals surface area contributed by atoms with Crippen LogP contribution in [0.3, 0.4) is 0 Å². The van der Waals surface area contributed by atoms with Crippen LogP contribution >= 0.6 is 11.3 Å². The molecule has 0 saturated carbocycles. The number of aromatic nitrogens is 1. The largest absolute Gasteiger partial charge is 0.347 e. The summed E-state index contributed by atoms with van der Waals surface area (Å²) in [6.07, 6.45) is 1.78. The molecular weight excluding hydrogens is 246 g/mol. The molecule has 1 aliphatic heterocycles. The van der Waals surface area contributed by atoms with Gasteiger partial charge >= 0.3 is 0 Å². The smallest absolute Gasteiger partial charge is 0.251 e. The zero-order chi connectivity index (χ0) is 12.4. The number of amides is 1. The van der Waals surface area contributed by atoms with Gasteiger partial charge in [-0.05, 0) is 23.3 Å². The first-order chi connectivity index (χ1) is 8.83. The molecule has 0 saturated heterocycles. The third kappa shape index (κ3) is 2.27. The molecule has 0 fully saturated rings. The molecule has 0 bridgehead atoms. The van der Waals surface area contributed by atoms with E-state index < -0.39 is 0 Å². The minimum absolute atomic E-state index is 0.0295. The lowest BCUT2D eigenvalue weighted by Gasteiger charge is -2.05. The molecule has 92 valence electrons. The van der Waals surface area contributed by atoms with Crippen LogP contribution in [0.1, 0.15) is 26.4 Å². The molecule has 0 spiro atoms. The zero-order valence-corrected chi connectivity index (χ0v) is 10.6. The zero-order valence-electron chi connectivity index (χ0n) is 9.77. The Kier molecular flexibility index (Phi) is 3.08.